The first-order chi connectivity index (χ1) is 5.13. The number of alkyl halides is 2. The Balaban J connectivity index is 2.84. The Bertz CT molecular complexity index is 234. The molecule has 1 unspecified atom stereocenters. The summed E-state index contributed by atoms with van der Waals surface area (Å²) < 4.78 is 25.2. The van der Waals surface area contributed by atoms with Gasteiger partial charge in [0.2, 0.25) is 0 Å². The van der Waals surface area contributed by atoms with Gasteiger partial charge in [0.05, 0.1) is 0 Å². The summed E-state index contributed by atoms with van der Waals surface area (Å²) in [7, 11) is 1.52. The zero-order chi connectivity index (χ0) is 8.43. The SMILES string of the molecule is Cn1ncnc1C(N)C(F)F. The highest BCUT2D eigenvalue weighted by atomic mass is 19.3. The van der Waals surface area contributed by atoms with E-state index in [0.717, 1.165) is 0 Å². The van der Waals surface area contributed by atoms with E-state index in [1.165, 1.54) is 18.1 Å². The zero-order valence-corrected chi connectivity index (χ0v) is 5.91. The fourth-order valence-electron chi connectivity index (χ4n) is 0.720. The second kappa shape index (κ2) is 2.91. The van der Waals surface area contributed by atoms with Gasteiger partial charge in [0.15, 0.2) is 0 Å². The van der Waals surface area contributed by atoms with Crippen LogP contribution < -0.4 is 5.73 Å². The van der Waals surface area contributed by atoms with Crippen molar-refractivity contribution in [1.29, 1.82) is 0 Å². The largest absolute Gasteiger partial charge is 0.317 e. The van der Waals surface area contributed by atoms with E-state index in [2.05, 4.69) is 10.1 Å². The van der Waals surface area contributed by atoms with E-state index < -0.39 is 12.5 Å². The quantitative estimate of drug-likeness (QED) is 0.670. The fraction of sp³-hybridized carbons (Fsp3) is 0.600. The molecular weight excluding hydrogens is 154 g/mol. The summed E-state index contributed by atoms with van der Waals surface area (Å²) in [6.45, 7) is 0. The number of halogens is 2. The second-order valence-corrected chi connectivity index (χ2v) is 2.10. The molecule has 1 heterocycles. The Morgan fingerprint density at radius 2 is 2.27 bits per heavy atom. The van der Waals surface area contributed by atoms with Crippen LogP contribution >= 0.6 is 0 Å². The van der Waals surface area contributed by atoms with Crippen LogP contribution in [0.25, 0.3) is 0 Å². The van der Waals surface area contributed by atoms with Crippen molar-refractivity contribution in [3.63, 3.8) is 0 Å². The minimum absolute atomic E-state index is 0.0972. The molecule has 1 atom stereocenters. The van der Waals surface area contributed by atoms with Gasteiger partial charge < -0.3 is 5.73 Å². The van der Waals surface area contributed by atoms with Gasteiger partial charge in [-0.05, 0) is 0 Å². The summed E-state index contributed by atoms with van der Waals surface area (Å²) in [5.74, 6) is 0.0972. The van der Waals surface area contributed by atoms with Crippen LogP contribution in [-0.2, 0) is 7.05 Å². The summed E-state index contributed by atoms with van der Waals surface area (Å²) in [4.78, 5) is 3.58. The molecule has 0 aliphatic heterocycles. The average Bonchev–Trinajstić information content (AvgIpc) is 2.33. The smallest absolute Gasteiger partial charge is 0.260 e. The van der Waals surface area contributed by atoms with Gasteiger partial charge >= 0.3 is 0 Å². The van der Waals surface area contributed by atoms with Gasteiger partial charge in [0.25, 0.3) is 6.43 Å². The highest BCUT2D eigenvalue weighted by Gasteiger charge is 2.21. The molecular formula is C5H8F2N4. The highest BCUT2D eigenvalue weighted by molar-refractivity contribution is 4.93. The molecule has 0 aliphatic carbocycles. The standard InChI is InChI=1S/C5H8F2N4/c1-11-5(9-2-10-11)3(8)4(6)7/h2-4H,8H2,1H3. The van der Waals surface area contributed by atoms with Crippen LogP contribution in [0.3, 0.4) is 0 Å². The normalized spacial score (nSPS) is 13.9. The topological polar surface area (TPSA) is 56.7 Å². The van der Waals surface area contributed by atoms with Crippen LogP contribution in [0.2, 0.25) is 0 Å². The van der Waals surface area contributed by atoms with Crippen molar-refractivity contribution in [2.75, 3.05) is 0 Å². The lowest BCUT2D eigenvalue weighted by Gasteiger charge is -2.07. The maximum absolute atomic E-state index is 12.0. The third-order valence-corrected chi connectivity index (χ3v) is 1.32. The Morgan fingerprint density at radius 3 is 2.64 bits per heavy atom. The Kier molecular flexibility index (Phi) is 2.13. The minimum Gasteiger partial charge on any atom is -0.317 e. The predicted octanol–water partition coefficient (Wildman–Crippen LogP) is 0.0800. The summed E-state index contributed by atoms with van der Waals surface area (Å²) in [6.07, 6.45) is -1.41. The monoisotopic (exact) mass is 162 g/mol. The lowest BCUT2D eigenvalue weighted by molar-refractivity contribution is 0.111. The molecule has 0 bridgehead atoms. The molecule has 0 spiro atoms. The van der Waals surface area contributed by atoms with Gasteiger partial charge in [-0.25, -0.2) is 13.8 Å². The van der Waals surface area contributed by atoms with Crippen LogP contribution in [0.4, 0.5) is 8.78 Å². The molecule has 0 saturated carbocycles. The molecule has 4 nitrogen and oxygen atoms in total. The van der Waals surface area contributed by atoms with Gasteiger partial charge in [0, 0.05) is 7.05 Å². The van der Waals surface area contributed by atoms with Gasteiger partial charge in [-0.15, -0.1) is 0 Å². The molecule has 0 radical (unpaired) electrons. The number of aromatic nitrogens is 3. The average molecular weight is 162 g/mol. The first-order valence-electron chi connectivity index (χ1n) is 3.00. The first-order valence-corrected chi connectivity index (χ1v) is 3.00. The summed E-state index contributed by atoms with van der Waals surface area (Å²) in [6, 6.07) is -1.34. The van der Waals surface area contributed by atoms with Gasteiger partial charge in [0.1, 0.15) is 18.2 Å². The van der Waals surface area contributed by atoms with E-state index in [0.29, 0.717) is 0 Å². The first kappa shape index (κ1) is 8.06. The molecule has 1 aromatic heterocycles. The molecule has 0 amide bonds. The van der Waals surface area contributed by atoms with E-state index in [-0.39, 0.29) is 5.82 Å². The van der Waals surface area contributed by atoms with Crippen LogP contribution in [-0.4, -0.2) is 21.2 Å². The van der Waals surface area contributed by atoms with Crippen molar-refractivity contribution in [2.45, 2.75) is 12.5 Å². The second-order valence-electron chi connectivity index (χ2n) is 2.10. The summed E-state index contributed by atoms with van der Waals surface area (Å²) in [5.41, 5.74) is 5.11. The minimum atomic E-state index is -2.60. The Hall–Kier alpha value is -1.04. The van der Waals surface area contributed by atoms with Crippen molar-refractivity contribution in [3.8, 4) is 0 Å². The molecule has 0 saturated heterocycles. The van der Waals surface area contributed by atoms with Gasteiger partial charge in [-0.3, -0.25) is 4.68 Å². The fourth-order valence-corrected chi connectivity index (χ4v) is 0.720. The van der Waals surface area contributed by atoms with E-state index in [1.54, 1.807) is 0 Å². The maximum atomic E-state index is 12.0. The van der Waals surface area contributed by atoms with Crippen LogP contribution in [0, 0.1) is 0 Å². The number of hydrogen-bond donors (Lipinski definition) is 1. The lowest BCUT2D eigenvalue weighted by atomic mass is 10.3. The molecule has 11 heavy (non-hydrogen) atoms. The number of hydrogen-bond acceptors (Lipinski definition) is 3. The van der Waals surface area contributed by atoms with E-state index in [4.69, 9.17) is 5.73 Å². The molecule has 0 fully saturated rings. The van der Waals surface area contributed by atoms with Crippen molar-refractivity contribution in [2.24, 2.45) is 12.8 Å². The van der Waals surface area contributed by atoms with E-state index in [1.807, 2.05) is 0 Å². The number of aryl methyl sites for hydroxylation is 1. The predicted molar refractivity (Wildman–Crippen MR) is 33.9 cm³/mol. The molecule has 2 N–H and O–H groups in total. The third-order valence-electron chi connectivity index (χ3n) is 1.32. The molecule has 1 rings (SSSR count). The van der Waals surface area contributed by atoms with Crippen molar-refractivity contribution < 1.29 is 8.78 Å². The van der Waals surface area contributed by atoms with E-state index >= 15 is 0 Å². The lowest BCUT2D eigenvalue weighted by Crippen LogP contribution is -2.22. The zero-order valence-electron chi connectivity index (χ0n) is 5.91. The Labute approximate surface area is 62.0 Å². The molecule has 6 heteroatoms. The van der Waals surface area contributed by atoms with Crippen LogP contribution in [0.5, 0.6) is 0 Å². The maximum Gasteiger partial charge on any atom is 0.260 e. The summed E-state index contributed by atoms with van der Waals surface area (Å²) in [5, 5.41) is 3.61. The van der Waals surface area contributed by atoms with Crippen LogP contribution in [0.1, 0.15) is 11.9 Å². The molecule has 0 aliphatic rings. The van der Waals surface area contributed by atoms with Gasteiger partial charge in [-0.1, -0.05) is 0 Å². The van der Waals surface area contributed by atoms with Crippen LogP contribution in [0.15, 0.2) is 6.33 Å². The Morgan fingerprint density at radius 1 is 1.64 bits per heavy atom. The molecule has 0 aromatic carbocycles. The highest BCUT2D eigenvalue weighted by Crippen LogP contribution is 2.13. The van der Waals surface area contributed by atoms with Crippen molar-refractivity contribution in [3.05, 3.63) is 12.2 Å². The third kappa shape index (κ3) is 1.51. The number of nitrogens with zero attached hydrogens (tertiary/aromatic N) is 3. The van der Waals surface area contributed by atoms with Crippen molar-refractivity contribution >= 4 is 0 Å². The number of rotatable bonds is 2. The summed E-state index contributed by atoms with van der Waals surface area (Å²) >= 11 is 0. The number of nitrogens with two attached hydrogens (primary N) is 1. The molecule has 1 aromatic rings. The van der Waals surface area contributed by atoms with Gasteiger partial charge in [-0.2, -0.15) is 5.10 Å². The van der Waals surface area contributed by atoms with Crippen molar-refractivity contribution in [1.82, 2.24) is 14.8 Å². The van der Waals surface area contributed by atoms with E-state index in [9.17, 15) is 8.78 Å². The molecule has 62 valence electrons.